The fraction of sp³-hybridized carbons (Fsp3) is 0.167. The van der Waals surface area contributed by atoms with Crippen molar-refractivity contribution in [2.75, 3.05) is 7.11 Å². The molecule has 18 heavy (non-hydrogen) atoms. The van der Waals surface area contributed by atoms with E-state index in [4.69, 9.17) is 17.0 Å². The van der Waals surface area contributed by atoms with E-state index in [2.05, 4.69) is 40.5 Å². The topological polar surface area (TPSA) is 38.3 Å². The number of hydrogen-bond acceptors (Lipinski definition) is 4. The maximum atomic E-state index is 11.6. The summed E-state index contributed by atoms with van der Waals surface area (Å²) in [5, 5.41) is 2.52. The smallest absolute Gasteiger partial charge is 0.262 e. The number of halogens is 1. The summed E-state index contributed by atoms with van der Waals surface area (Å²) in [5.41, 5.74) is 0.877. The lowest BCUT2D eigenvalue weighted by atomic mass is 10.2. The van der Waals surface area contributed by atoms with Gasteiger partial charge in [0.2, 0.25) is 0 Å². The van der Waals surface area contributed by atoms with E-state index < -0.39 is 0 Å². The molecule has 1 rings (SSSR count). The molecule has 0 fully saturated rings. The zero-order valence-electron chi connectivity index (χ0n) is 9.86. The van der Waals surface area contributed by atoms with E-state index in [0.29, 0.717) is 9.89 Å². The first-order valence-electron chi connectivity index (χ1n) is 5.00. The van der Waals surface area contributed by atoms with Crippen molar-refractivity contribution < 1.29 is 9.53 Å². The fourth-order valence-electron chi connectivity index (χ4n) is 1.22. The summed E-state index contributed by atoms with van der Waals surface area (Å²) in [6.07, 6.45) is 1.68. The average Bonchev–Trinajstić information content (AvgIpc) is 2.28. The summed E-state index contributed by atoms with van der Waals surface area (Å²) in [5.74, 6) is 0.490. The van der Waals surface area contributed by atoms with Crippen LogP contribution in [0.1, 0.15) is 12.5 Å². The number of thiocarbonyl (C=S) groups is 1. The maximum absolute atomic E-state index is 11.6. The van der Waals surface area contributed by atoms with Gasteiger partial charge in [-0.05, 0) is 53.3 Å². The van der Waals surface area contributed by atoms with Crippen molar-refractivity contribution in [3.8, 4) is 5.75 Å². The number of nitrogens with one attached hydrogen (secondary N) is 1. The minimum absolute atomic E-state index is 0.306. The molecule has 0 bridgehead atoms. The van der Waals surface area contributed by atoms with Crippen LogP contribution in [0.15, 0.2) is 23.1 Å². The Morgan fingerprint density at radius 1 is 1.56 bits per heavy atom. The number of rotatable bonds is 3. The molecular weight excluding hydrogens is 381 g/mol. The van der Waals surface area contributed by atoms with E-state index in [1.54, 1.807) is 20.1 Å². The standard InChI is InChI=1S/C12H12INO2S2/c1-7(17)14-12(15)11(18)6-8-3-4-10(16-2)9(13)5-8/h3-6,18H,1-2H3,(H,14,15,17)/b11-6+. The van der Waals surface area contributed by atoms with Gasteiger partial charge in [0, 0.05) is 0 Å². The molecule has 0 aliphatic heterocycles. The van der Waals surface area contributed by atoms with Crippen molar-refractivity contribution >= 4 is 64.4 Å². The number of benzene rings is 1. The van der Waals surface area contributed by atoms with Crippen LogP contribution < -0.4 is 10.1 Å². The van der Waals surface area contributed by atoms with E-state index in [1.165, 1.54) is 0 Å². The Morgan fingerprint density at radius 3 is 2.72 bits per heavy atom. The van der Waals surface area contributed by atoms with E-state index in [0.717, 1.165) is 14.9 Å². The summed E-state index contributed by atoms with van der Waals surface area (Å²) in [7, 11) is 1.62. The highest BCUT2D eigenvalue weighted by Crippen LogP contribution is 2.23. The highest BCUT2D eigenvalue weighted by molar-refractivity contribution is 14.1. The van der Waals surface area contributed by atoms with Crippen LogP contribution in [0.5, 0.6) is 5.75 Å². The van der Waals surface area contributed by atoms with Crippen LogP contribution in [0.4, 0.5) is 0 Å². The second-order valence-corrected chi connectivity index (χ2v) is 5.69. The monoisotopic (exact) mass is 393 g/mol. The molecular formula is C12H12INO2S2. The van der Waals surface area contributed by atoms with Gasteiger partial charge < -0.3 is 10.1 Å². The van der Waals surface area contributed by atoms with Crippen LogP contribution in [-0.4, -0.2) is 18.0 Å². The van der Waals surface area contributed by atoms with Crippen LogP contribution >= 0.6 is 47.4 Å². The van der Waals surface area contributed by atoms with Gasteiger partial charge in [0.15, 0.2) is 0 Å². The average molecular weight is 393 g/mol. The van der Waals surface area contributed by atoms with Gasteiger partial charge in [-0.1, -0.05) is 18.3 Å². The van der Waals surface area contributed by atoms with Gasteiger partial charge >= 0.3 is 0 Å². The highest BCUT2D eigenvalue weighted by Gasteiger charge is 2.06. The zero-order chi connectivity index (χ0) is 13.7. The molecule has 1 aromatic rings. The molecule has 0 saturated heterocycles. The first kappa shape index (κ1) is 15.5. The zero-order valence-corrected chi connectivity index (χ0v) is 13.7. The number of thiol groups is 1. The van der Waals surface area contributed by atoms with Crippen molar-refractivity contribution in [2.45, 2.75) is 6.92 Å². The van der Waals surface area contributed by atoms with E-state index in [1.807, 2.05) is 18.2 Å². The molecule has 0 aromatic heterocycles. The summed E-state index contributed by atoms with van der Waals surface area (Å²) < 4.78 is 6.13. The Kier molecular flexibility index (Phi) is 6.10. The first-order valence-corrected chi connectivity index (χ1v) is 6.93. The fourth-order valence-corrected chi connectivity index (χ4v) is 2.28. The maximum Gasteiger partial charge on any atom is 0.262 e. The number of ether oxygens (including phenoxy) is 1. The molecule has 0 saturated carbocycles. The van der Waals surface area contributed by atoms with E-state index >= 15 is 0 Å². The minimum Gasteiger partial charge on any atom is -0.496 e. The molecule has 0 unspecified atom stereocenters. The lowest BCUT2D eigenvalue weighted by Crippen LogP contribution is -2.26. The lowest BCUT2D eigenvalue weighted by molar-refractivity contribution is -0.115. The Morgan fingerprint density at radius 2 is 2.22 bits per heavy atom. The molecule has 0 aliphatic carbocycles. The Bertz CT molecular complexity index is 515. The summed E-state index contributed by atoms with van der Waals surface area (Å²) in [4.78, 5) is 12.3. The SMILES string of the molecule is COc1ccc(/C=C(/S)C(=O)NC(C)=S)cc1I. The minimum atomic E-state index is -0.309. The van der Waals surface area contributed by atoms with Crippen LogP contribution in [0.25, 0.3) is 6.08 Å². The van der Waals surface area contributed by atoms with Crippen molar-refractivity contribution in [3.05, 3.63) is 32.2 Å². The quantitative estimate of drug-likeness (QED) is 0.359. The number of methoxy groups -OCH3 is 1. The van der Waals surface area contributed by atoms with Crippen molar-refractivity contribution in [3.63, 3.8) is 0 Å². The number of amides is 1. The summed E-state index contributed by atoms with van der Waals surface area (Å²) in [6.45, 7) is 1.64. The number of carbonyl (C=O) groups excluding carboxylic acids is 1. The van der Waals surface area contributed by atoms with E-state index in [-0.39, 0.29) is 5.91 Å². The Balaban J connectivity index is 2.92. The van der Waals surface area contributed by atoms with Crippen LogP contribution in [0.3, 0.4) is 0 Å². The van der Waals surface area contributed by atoms with Gasteiger partial charge in [0.25, 0.3) is 5.91 Å². The molecule has 1 N–H and O–H groups in total. The molecule has 1 aromatic carbocycles. The van der Waals surface area contributed by atoms with Crippen molar-refractivity contribution in [1.29, 1.82) is 0 Å². The second kappa shape index (κ2) is 7.10. The summed E-state index contributed by atoms with van der Waals surface area (Å²) >= 11 is 11.1. The second-order valence-electron chi connectivity index (χ2n) is 3.43. The normalized spacial score (nSPS) is 11.0. The number of carbonyl (C=O) groups is 1. The van der Waals surface area contributed by atoms with Gasteiger partial charge in [0.05, 0.1) is 20.6 Å². The predicted octanol–water partition coefficient (Wildman–Crippen LogP) is 3.03. The van der Waals surface area contributed by atoms with Crippen LogP contribution in [0, 0.1) is 3.57 Å². The third-order valence-corrected chi connectivity index (χ3v) is 3.28. The van der Waals surface area contributed by atoms with E-state index in [9.17, 15) is 4.79 Å². The molecule has 3 nitrogen and oxygen atoms in total. The molecule has 0 aliphatic rings. The van der Waals surface area contributed by atoms with Crippen LogP contribution in [0.2, 0.25) is 0 Å². The van der Waals surface area contributed by atoms with Gasteiger partial charge in [-0.15, -0.1) is 12.6 Å². The predicted molar refractivity (Wildman–Crippen MR) is 89.1 cm³/mol. The Hall–Kier alpha value is -0.600. The largest absolute Gasteiger partial charge is 0.496 e. The highest BCUT2D eigenvalue weighted by atomic mass is 127. The van der Waals surface area contributed by atoms with Gasteiger partial charge in [-0.2, -0.15) is 0 Å². The third kappa shape index (κ3) is 4.58. The molecule has 1 amide bonds. The molecule has 0 atom stereocenters. The molecule has 6 heteroatoms. The van der Waals surface area contributed by atoms with Gasteiger partial charge in [0.1, 0.15) is 5.75 Å². The molecule has 96 valence electrons. The first-order chi connectivity index (χ1) is 8.43. The van der Waals surface area contributed by atoms with Gasteiger partial charge in [-0.25, -0.2) is 0 Å². The van der Waals surface area contributed by atoms with Crippen molar-refractivity contribution in [2.24, 2.45) is 0 Å². The Labute approximate surface area is 131 Å². The molecule has 0 heterocycles. The lowest BCUT2D eigenvalue weighted by Gasteiger charge is -2.05. The van der Waals surface area contributed by atoms with Crippen LogP contribution in [-0.2, 0) is 4.79 Å². The third-order valence-electron chi connectivity index (χ3n) is 2.00. The number of hydrogen-bond donors (Lipinski definition) is 2. The summed E-state index contributed by atoms with van der Waals surface area (Å²) in [6, 6.07) is 5.61. The van der Waals surface area contributed by atoms with Crippen molar-refractivity contribution in [1.82, 2.24) is 5.32 Å². The molecule has 0 radical (unpaired) electrons. The van der Waals surface area contributed by atoms with Gasteiger partial charge in [-0.3, -0.25) is 4.79 Å². The molecule has 0 spiro atoms.